The van der Waals surface area contributed by atoms with Gasteiger partial charge in [-0.2, -0.15) is 0 Å². The summed E-state index contributed by atoms with van der Waals surface area (Å²) in [7, 11) is -4.36. The SMILES string of the molecule is C=C(c1ccccc1)c1ccc([Si](OCC)OC(C)CN([Si](C)(C)C)[Si](C)(C)C)cc1. The molecule has 0 spiro atoms. The van der Waals surface area contributed by atoms with Gasteiger partial charge in [-0.1, -0.05) is 100 Å². The van der Waals surface area contributed by atoms with Crippen molar-refractivity contribution in [2.45, 2.75) is 59.2 Å². The van der Waals surface area contributed by atoms with Crippen LogP contribution in [0.1, 0.15) is 25.0 Å². The fourth-order valence-electron chi connectivity index (χ4n) is 3.96. The fourth-order valence-corrected chi connectivity index (χ4v) is 15.1. The van der Waals surface area contributed by atoms with E-state index in [4.69, 9.17) is 8.85 Å². The normalized spacial score (nSPS) is 13.6. The fraction of sp³-hybridized carbons (Fsp3) is 0.440. The van der Waals surface area contributed by atoms with E-state index in [0.717, 1.165) is 28.4 Å². The van der Waals surface area contributed by atoms with E-state index in [1.54, 1.807) is 0 Å². The summed E-state index contributed by atoms with van der Waals surface area (Å²) >= 11 is 0. The Balaban J connectivity index is 2.13. The van der Waals surface area contributed by atoms with Gasteiger partial charge in [0, 0.05) is 13.2 Å². The Kier molecular flexibility index (Phi) is 9.24. The van der Waals surface area contributed by atoms with Crippen LogP contribution in [0.15, 0.2) is 61.2 Å². The Labute approximate surface area is 194 Å². The molecule has 1 radical (unpaired) electrons. The summed E-state index contributed by atoms with van der Waals surface area (Å²) in [5.41, 5.74) is 3.31. The zero-order chi connectivity index (χ0) is 23.2. The molecule has 0 saturated carbocycles. The van der Waals surface area contributed by atoms with Crippen molar-refractivity contribution in [2.75, 3.05) is 13.2 Å². The molecule has 1 unspecified atom stereocenters. The lowest BCUT2D eigenvalue weighted by Crippen LogP contribution is -2.61. The Morgan fingerprint density at radius 3 is 1.90 bits per heavy atom. The van der Waals surface area contributed by atoms with E-state index in [1.807, 2.05) is 25.1 Å². The Bertz CT molecular complexity index is 813. The maximum Gasteiger partial charge on any atom is 0.423 e. The lowest BCUT2D eigenvalue weighted by Gasteiger charge is -2.45. The molecule has 0 fully saturated rings. The summed E-state index contributed by atoms with van der Waals surface area (Å²) in [4.78, 5) is 0. The van der Waals surface area contributed by atoms with Gasteiger partial charge in [-0.25, -0.2) is 0 Å². The van der Waals surface area contributed by atoms with Crippen LogP contribution in [0, 0.1) is 0 Å². The van der Waals surface area contributed by atoms with E-state index >= 15 is 0 Å². The summed E-state index contributed by atoms with van der Waals surface area (Å²) in [6, 6.07) is 18.9. The third-order valence-electron chi connectivity index (χ3n) is 5.23. The van der Waals surface area contributed by atoms with Gasteiger partial charge in [0.25, 0.3) is 0 Å². The zero-order valence-corrected chi connectivity index (χ0v) is 23.7. The van der Waals surface area contributed by atoms with Crippen LogP contribution in [0.4, 0.5) is 0 Å². The zero-order valence-electron chi connectivity index (χ0n) is 20.7. The van der Waals surface area contributed by atoms with Crippen LogP contribution in [-0.2, 0) is 8.85 Å². The number of nitrogens with zero attached hydrogens (tertiary/aromatic N) is 1. The molecule has 6 heteroatoms. The summed E-state index contributed by atoms with van der Waals surface area (Å²) in [5.74, 6) is 0. The second-order valence-electron chi connectivity index (χ2n) is 10.0. The molecule has 1 atom stereocenters. The van der Waals surface area contributed by atoms with Gasteiger partial charge in [0.15, 0.2) is 0 Å². The van der Waals surface area contributed by atoms with Gasteiger partial charge in [0.05, 0.1) is 6.10 Å². The summed E-state index contributed by atoms with van der Waals surface area (Å²) in [6.07, 6.45) is 0.137. The van der Waals surface area contributed by atoms with Crippen molar-refractivity contribution in [3.63, 3.8) is 0 Å². The van der Waals surface area contributed by atoms with Crippen LogP contribution < -0.4 is 5.19 Å². The molecule has 2 aromatic carbocycles. The minimum atomic E-state index is -1.54. The number of hydrogen-bond acceptors (Lipinski definition) is 3. The predicted molar refractivity (Wildman–Crippen MR) is 142 cm³/mol. The highest BCUT2D eigenvalue weighted by Gasteiger charge is 2.36. The first kappa shape index (κ1) is 26.0. The Morgan fingerprint density at radius 1 is 0.903 bits per heavy atom. The number of hydrogen-bond donors (Lipinski definition) is 0. The highest BCUT2D eigenvalue weighted by molar-refractivity contribution is 6.89. The van der Waals surface area contributed by atoms with E-state index in [9.17, 15) is 0 Å². The topological polar surface area (TPSA) is 21.7 Å². The summed E-state index contributed by atoms with van der Waals surface area (Å²) in [5, 5.41) is 1.15. The molecule has 0 amide bonds. The molecular weight excluding hydrogens is 431 g/mol. The monoisotopic (exact) mass is 470 g/mol. The third kappa shape index (κ3) is 7.66. The van der Waals surface area contributed by atoms with Gasteiger partial charge in [-0.05, 0) is 35.7 Å². The molecule has 0 aliphatic carbocycles. The van der Waals surface area contributed by atoms with Crippen LogP contribution in [0.25, 0.3) is 5.57 Å². The largest absolute Gasteiger partial charge is 0.423 e. The molecule has 0 aromatic heterocycles. The average molecular weight is 471 g/mol. The third-order valence-corrected chi connectivity index (χ3v) is 14.8. The highest BCUT2D eigenvalue weighted by atomic mass is 28.4. The van der Waals surface area contributed by atoms with Gasteiger partial charge in [0.2, 0.25) is 0 Å². The second-order valence-corrected chi connectivity index (χ2v) is 21.9. The molecule has 31 heavy (non-hydrogen) atoms. The maximum atomic E-state index is 6.54. The van der Waals surface area contributed by atoms with Crippen LogP contribution in [0.5, 0.6) is 0 Å². The van der Waals surface area contributed by atoms with Gasteiger partial charge in [-0.3, -0.25) is 0 Å². The maximum absolute atomic E-state index is 6.54. The Hall–Kier alpha value is -1.29. The standard InChI is InChI=1S/C25H40NO2Si3/c1-10-27-29(28-21(2)20-26(30(4,5)6)31(7,8)9)25-18-16-24(17-19-25)22(3)23-14-12-11-13-15-23/h11-19,21H,3,10,20H2,1-2,4-9H3. The molecule has 2 aromatic rings. The molecule has 2 rings (SSSR count). The van der Waals surface area contributed by atoms with E-state index in [-0.39, 0.29) is 6.10 Å². The van der Waals surface area contributed by atoms with E-state index < -0.39 is 25.8 Å². The van der Waals surface area contributed by atoms with E-state index in [0.29, 0.717) is 6.61 Å². The van der Waals surface area contributed by atoms with Crippen LogP contribution in [-0.4, -0.2) is 49.2 Å². The lowest BCUT2D eigenvalue weighted by atomic mass is 10.00. The average Bonchev–Trinajstić information content (AvgIpc) is 2.70. The van der Waals surface area contributed by atoms with Crippen molar-refractivity contribution < 1.29 is 8.85 Å². The van der Waals surface area contributed by atoms with E-state index in [2.05, 4.69) is 93.4 Å². The highest BCUT2D eigenvalue weighted by Crippen LogP contribution is 2.22. The molecule has 0 bridgehead atoms. The summed E-state index contributed by atoms with van der Waals surface area (Å²) in [6.45, 7) is 24.8. The van der Waals surface area contributed by atoms with Gasteiger partial charge in [0.1, 0.15) is 16.5 Å². The molecule has 169 valence electrons. The second kappa shape index (κ2) is 11.0. The molecule has 0 aliphatic rings. The Morgan fingerprint density at radius 2 is 1.42 bits per heavy atom. The van der Waals surface area contributed by atoms with Crippen molar-refractivity contribution in [3.8, 4) is 0 Å². The quantitative estimate of drug-likeness (QED) is 0.384. The van der Waals surface area contributed by atoms with Gasteiger partial charge >= 0.3 is 9.28 Å². The molecule has 0 heterocycles. The van der Waals surface area contributed by atoms with Gasteiger partial charge < -0.3 is 13.1 Å². The lowest BCUT2D eigenvalue weighted by molar-refractivity contribution is 0.150. The minimum Gasteiger partial charge on any atom is -0.390 e. The van der Waals surface area contributed by atoms with E-state index in [1.165, 1.54) is 0 Å². The van der Waals surface area contributed by atoms with Crippen molar-refractivity contribution in [2.24, 2.45) is 0 Å². The first-order valence-electron chi connectivity index (χ1n) is 11.2. The molecule has 0 aliphatic heterocycles. The minimum absolute atomic E-state index is 0.137. The van der Waals surface area contributed by atoms with Crippen LogP contribution in [0.2, 0.25) is 39.3 Å². The van der Waals surface area contributed by atoms with Crippen molar-refractivity contribution in [3.05, 3.63) is 72.3 Å². The molecule has 3 nitrogen and oxygen atoms in total. The number of benzene rings is 2. The van der Waals surface area contributed by atoms with Crippen LogP contribution in [0.3, 0.4) is 0 Å². The first-order chi connectivity index (χ1) is 14.4. The van der Waals surface area contributed by atoms with Crippen LogP contribution >= 0.6 is 0 Å². The first-order valence-corrected chi connectivity index (χ1v) is 19.4. The van der Waals surface area contributed by atoms with Crippen molar-refractivity contribution in [1.82, 2.24) is 4.23 Å². The molecule has 0 N–H and O–H groups in total. The summed E-state index contributed by atoms with van der Waals surface area (Å²) < 4.78 is 15.4. The molecule has 0 saturated heterocycles. The smallest absolute Gasteiger partial charge is 0.390 e. The number of rotatable bonds is 11. The molecular formula is C25H40NO2Si3. The predicted octanol–water partition coefficient (Wildman–Crippen LogP) is 5.86. The van der Waals surface area contributed by atoms with Crippen molar-refractivity contribution in [1.29, 1.82) is 0 Å². The van der Waals surface area contributed by atoms with Gasteiger partial charge in [-0.15, -0.1) is 0 Å². The van der Waals surface area contributed by atoms with Crippen molar-refractivity contribution >= 4 is 36.5 Å².